The maximum absolute atomic E-state index is 5.66. The summed E-state index contributed by atoms with van der Waals surface area (Å²) in [6.07, 6.45) is 1.03. The summed E-state index contributed by atoms with van der Waals surface area (Å²) in [7, 11) is 0. The fraction of sp³-hybridized carbons (Fsp3) is 0.429. The van der Waals surface area contributed by atoms with Crippen LogP contribution >= 0.6 is 24.0 Å². The molecule has 3 N–H and O–H groups in total. The Kier molecular flexibility index (Phi) is 5.50. The molecule has 74 valence electrons. The van der Waals surface area contributed by atoms with Crippen molar-refractivity contribution in [2.75, 3.05) is 17.6 Å². The largest absolute Gasteiger partial charge is 0.370 e. The minimum atomic E-state index is 0. The van der Waals surface area contributed by atoms with E-state index in [4.69, 9.17) is 17.3 Å². The van der Waals surface area contributed by atoms with Crippen LogP contribution in [-0.4, -0.2) is 16.5 Å². The van der Waals surface area contributed by atoms with E-state index < -0.39 is 0 Å². The Morgan fingerprint density at radius 2 is 2.23 bits per heavy atom. The quantitative estimate of drug-likeness (QED) is 0.768. The van der Waals surface area contributed by atoms with Crippen LogP contribution in [0.5, 0.6) is 0 Å². The molecular formula is C7H12Cl2N4. The van der Waals surface area contributed by atoms with Crippen molar-refractivity contribution in [3.63, 3.8) is 0 Å². The zero-order chi connectivity index (χ0) is 8.97. The van der Waals surface area contributed by atoms with Gasteiger partial charge in [0.25, 0.3) is 0 Å². The van der Waals surface area contributed by atoms with Gasteiger partial charge in [-0.3, -0.25) is 0 Å². The highest BCUT2D eigenvalue weighted by Gasteiger charge is 1.97. The topological polar surface area (TPSA) is 63.8 Å². The minimum Gasteiger partial charge on any atom is -0.370 e. The fourth-order valence-corrected chi connectivity index (χ4v) is 0.969. The molecule has 0 unspecified atom stereocenters. The first-order chi connectivity index (χ1) is 5.72. The lowest BCUT2D eigenvalue weighted by Crippen LogP contribution is -2.04. The third-order valence-electron chi connectivity index (χ3n) is 1.27. The molecule has 0 bridgehead atoms. The molecule has 0 aliphatic carbocycles. The average molecular weight is 223 g/mol. The average Bonchev–Trinajstić information content (AvgIpc) is 1.99. The number of anilines is 2. The lowest BCUT2D eigenvalue weighted by atomic mass is 10.4. The molecule has 6 heteroatoms. The number of halogens is 2. The van der Waals surface area contributed by atoms with Gasteiger partial charge in [0.1, 0.15) is 11.0 Å². The van der Waals surface area contributed by atoms with Gasteiger partial charge in [0.15, 0.2) is 0 Å². The van der Waals surface area contributed by atoms with E-state index in [1.54, 1.807) is 6.07 Å². The fourth-order valence-electron chi connectivity index (χ4n) is 0.779. The molecule has 4 nitrogen and oxygen atoms in total. The maximum Gasteiger partial charge on any atom is 0.223 e. The van der Waals surface area contributed by atoms with Gasteiger partial charge in [-0.1, -0.05) is 18.5 Å². The number of hydrogen-bond donors (Lipinski definition) is 2. The van der Waals surface area contributed by atoms with Crippen molar-refractivity contribution in [2.45, 2.75) is 13.3 Å². The zero-order valence-corrected chi connectivity index (χ0v) is 8.82. The smallest absolute Gasteiger partial charge is 0.223 e. The molecule has 0 aromatic carbocycles. The number of aromatic nitrogens is 2. The van der Waals surface area contributed by atoms with Crippen molar-refractivity contribution in [1.29, 1.82) is 0 Å². The lowest BCUT2D eigenvalue weighted by molar-refractivity contribution is 0.966. The number of nitrogens with zero attached hydrogens (tertiary/aromatic N) is 2. The molecular weight excluding hydrogens is 211 g/mol. The summed E-state index contributed by atoms with van der Waals surface area (Å²) in [6.45, 7) is 2.92. The van der Waals surface area contributed by atoms with Crippen molar-refractivity contribution in [3.8, 4) is 0 Å². The van der Waals surface area contributed by atoms with Crippen LogP contribution in [0.4, 0.5) is 11.8 Å². The Morgan fingerprint density at radius 1 is 1.54 bits per heavy atom. The van der Waals surface area contributed by atoms with Gasteiger partial charge in [0, 0.05) is 12.6 Å². The molecule has 1 heterocycles. The molecule has 0 spiro atoms. The first-order valence-electron chi connectivity index (χ1n) is 3.76. The molecule has 1 rings (SSSR count). The number of nitrogens with one attached hydrogen (secondary N) is 1. The van der Waals surface area contributed by atoms with Crippen molar-refractivity contribution >= 4 is 35.8 Å². The number of hydrogen-bond acceptors (Lipinski definition) is 4. The van der Waals surface area contributed by atoms with E-state index in [-0.39, 0.29) is 18.4 Å². The van der Waals surface area contributed by atoms with E-state index in [2.05, 4.69) is 22.2 Å². The maximum atomic E-state index is 5.66. The Morgan fingerprint density at radius 3 is 2.77 bits per heavy atom. The summed E-state index contributed by atoms with van der Waals surface area (Å²) in [5.41, 5.74) is 5.38. The molecule has 1 aromatic heterocycles. The summed E-state index contributed by atoms with van der Waals surface area (Å²) < 4.78 is 0. The summed E-state index contributed by atoms with van der Waals surface area (Å²) in [5, 5.41) is 3.42. The molecule has 0 atom stereocenters. The number of nitrogens with two attached hydrogens (primary N) is 1. The van der Waals surface area contributed by atoms with E-state index in [0.717, 1.165) is 13.0 Å². The normalized spacial score (nSPS) is 9.08. The van der Waals surface area contributed by atoms with Gasteiger partial charge in [-0.2, -0.15) is 4.98 Å². The van der Waals surface area contributed by atoms with E-state index in [1.807, 2.05) is 0 Å². The molecule has 0 saturated heterocycles. The standard InChI is InChI=1S/C7H11ClN4.ClH/c1-2-3-10-6-4-5(8)11-7(9)12-6;/h4H,2-3H2,1H3,(H3,9,10,11,12);1H. The predicted octanol–water partition coefficient (Wildman–Crippen LogP) is 1.96. The van der Waals surface area contributed by atoms with Gasteiger partial charge in [-0.15, -0.1) is 12.4 Å². The monoisotopic (exact) mass is 222 g/mol. The third kappa shape index (κ3) is 4.15. The van der Waals surface area contributed by atoms with Crippen molar-refractivity contribution in [3.05, 3.63) is 11.2 Å². The molecule has 0 radical (unpaired) electrons. The minimum absolute atomic E-state index is 0. The molecule has 13 heavy (non-hydrogen) atoms. The van der Waals surface area contributed by atoms with Crippen LogP contribution in [0.2, 0.25) is 5.15 Å². The number of nitrogen functional groups attached to an aromatic ring is 1. The Bertz CT molecular complexity index is 246. The van der Waals surface area contributed by atoms with Crippen LogP contribution in [0, 0.1) is 0 Å². The Balaban J connectivity index is 0.00000144. The van der Waals surface area contributed by atoms with Crippen molar-refractivity contribution < 1.29 is 0 Å². The van der Waals surface area contributed by atoms with Gasteiger partial charge in [-0.25, -0.2) is 4.98 Å². The second kappa shape index (κ2) is 5.83. The highest BCUT2D eigenvalue weighted by atomic mass is 35.5. The van der Waals surface area contributed by atoms with Crippen LogP contribution < -0.4 is 11.1 Å². The van der Waals surface area contributed by atoms with E-state index in [0.29, 0.717) is 11.0 Å². The lowest BCUT2D eigenvalue weighted by Gasteiger charge is -2.03. The van der Waals surface area contributed by atoms with Crippen LogP contribution in [-0.2, 0) is 0 Å². The summed E-state index contributed by atoms with van der Waals surface area (Å²) >= 11 is 5.66. The second-order valence-corrected chi connectivity index (χ2v) is 2.75. The van der Waals surface area contributed by atoms with E-state index in [9.17, 15) is 0 Å². The first-order valence-corrected chi connectivity index (χ1v) is 4.14. The Hall–Kier alpha value is -0.740. The molecule has 0 aliphatic heterocycles. The summed E-state index contributed by atoms with van der Waals surface area (Å²) in [6, 6.07) is 1.65. The third-order valence-corrected chi connectivity index (χ3v) is 1.46. The molecule has 0 saturated carbocycles. The summed E-state index contributed by atoms with van der Waals surface area (Å²) in [4.78, 5) is 7.68. The van der Waals surface area contributed by atoms with E-state index in [1.165, 1.54) is 0 Å². The molecule has 0 amide bonds. The van der Waals surface area contributed by atoms with Gasteiger partial charge in [0.2, 0.25) is 5.95 Å². The summed E-state index contributed by atoms with van der Waals surface area (Å²) in [5.74, 6) is 0.871. The van der Waals surface area contributed by atoms with Crippen LogP contribution in [0.1, 0.15) is 13.3 Å². The van der Waals surface area contributed by atoms with Crippen LogP contribution in [0.3, 0.4) is 0 Å². The van der Waals surface area contributed by atoms with Crippen LogP contribution in [0.15, 0.2) is 6.07 Å². The van der Waals surface area contributed by atoms with Gasteiger partial charge < -0.3 is 11.1 Å². The highest BCUT2D eigenvalue weighted by molar-refractivity contribution is 6.29. The van der Waals surface area contributed by atoms with Gasteiger partial charge in [-0.05, 0) is 6.42 Å². The second-order valence-electron chi connectivity index (χ2n) is 2.36. The first kappa shape index (κ1) is 12.3. The van der Waals surface area contributed by atoms with Crippen molar-refractivity contribution in [1.82, 2.24) is 9.97 Å². The predicted molar refractivity (Wildman–Crippen MR) is 57.5 cm³/mol. The molecule has 1 aromatic rings. The SMILES string of the molecule is CCCNc1cc(Cl)nc(N)n1.Cl. The highest BCUT2D eigenvalue weighted by Crippen LogP contribution is 2.11. The Labute approximate surface area is 88.3 Å². The van der Waals surface area contributed by atoms with Gasteiger partial charge >= 0.3 is 0 Å². The van der Waals surface area contributed by atoms with Gasteiger partial charge in [0.05, 0.1) is 0 Å². The molecule has 0 fully saturated rings. The zero-order valence-electron chi connectivity index (χ0n) is 7.25. The van der Waals surface area contributed by atoms with Crippen LogP contribution in [0.25, 0.3) is 0 Å². The van der Waals surface area contributed by atoms with E-state index >= 15 is 0 Å². The van der Waals surface area contributed by atoms with Crippen molar-refractivity contribution in [2.24, 2.45) is 0 Å². The molecule has 0 aliphatic rings. The number of rotatable bonds is 3.